The Balaban J connectivity index is 1.09. The highest BCUT2D eigenvalue weighted by Gasteiger charge is 2.29. The molecule has 4 heterocycles. The van der Waals surface area contributed by atoms with Crippen molar-refractivity contribution in [2.45, 2.75) is 44.4 Å². The van der Waals surface area contributed by atoms with Gasteiger partial charge in [0.1, 0.15) is 10.0 Å². The molecule has 36 heavy (non-hydrogen) atoms. The number of anilines is 2. The minimum Gasteiger partial charge on any atom is -0.300 e. The number of hydrogen-bond acceptors (Lipinski definition) is 10. The molecule has 1 aliphatic carbocycles. The third kappa shape index (κ3) is 6.52. The van der Waals surface area contributed by atoms with E-state index in [2.05, 4.69) is 41.0 Å². The van der Waals surface area contributed by atoms with Crippen molar-refractivity contribution in [3.63, 3.8) is 0 Å². The summed E-state index contributed by atoms with van der Waals surface area (Å²) in [5.41, 5.74) is 1.43. The summed E-state index contributed by atoms with van der Waals surface area (Å²) in [6.45, 7) is 0. The van der Waals surface area contributed by atoms with E-state index in [4.69, 9.17) is 0 Å². The van der Waals surface area contributed by atoms with Gasteiger partial charge in [0.2, 0.25) is 22.1 Å². The fraction of sp³-hybridized carbons (Fsp3) is 0.333. The summed E-state index contributed by atoms with van der Waals surface area (Å²) in [6.07, 6.45) is 7.63. The molecule has 4 aromatic rings. The first-order valence-corrected chi connectivity index (χ1v) is 13.3. The molecule has 1 aliphatic rings. The average molecular weight is 521 g/mol. The van der Waals surface area contributed by atoms with Gasteiger partial charge < -0.3 is 10.6 Å². The molecule has 4 aromatic heterocycles. The summed E-state index contributed by atoms with van der Waals surface area (Å²) in [6, 6.07) is 11.0. The lowest BCUT2D eigenvalue weighted by atomic mass is 10.0. The van der Waals surface area contributed by atoms with E-state index in [0.29, 0.717) is 33.5 Å². The topological polar surface area (TPSA) is 136 Å². The molecule has 0 spiro atoms. The Morgan fingerprint density at radius 3 is 2.08 bits per heavy atom. The Morgan fingerprint density at radius 2 is 1.44 bits per heavy atom. The van der Waals surface area contributed by atoms with Crippen molar-refractivity contribution >= 4 is 44.8 Å². The van der Waals surface area contributed by atoms with E-state index in [-0.39, 0.29) is 24.7 Å². The molecule has 0 saturated heterocycles. The van der Waals surface area contributed by atoms with Gasteiger partial charge in [-0.3, -0.25) is 19.6 Å². The van der Waals surface area contributed by atoms with Crippen molar-refractivity contribution in [2.24, 2.45) is 5.92 Å². The first-order chi connectivity index (χ1) is 17.6. The van der Waals surface area contributed by atoms with Crippen LogP contribution in [0.5, 0.6) is 0 Å². The van der Waals surface area contributed by atoms with Gasteiger partial charge in [0.15, 0.2) is 0 Å². The minimum atomic E-state index is -0.156. The van der Waals surface area contributed by atoms with Crippen LogP contribution in [0.25, 0.3) is 0 Å². The highest BCUT2D eigenvalue weighted by atomic mass is 32.1. The van der Waals surface area contributed by atoms with Crippen LogP contribution >= 0.6 is 22.7 Å². The van der Waals surface area contributed by atoms with Crippen molar-refractivity contribution in [3.05, 3.63) is 70.2 Å². The number of hydrogen-bond donors (Lipinski definition) is 2. The van der Waals surface area contributed by atoms with Crippen LogP contribution in [0.1, 0.15) is 46.6 Å². The van der Waals surface area contributed by atoms with Crippen LogP contribution in [0.2, 0.25) is 0 Å². The summed E-state index contributed by atoms with van der Waals surface area (Å²) in [4.78, 5) is 32.9. The number of aromatic nitrogens is 6. The van der Waals surface area contributed by atoms with Crippen LogP contribution in [-0.4, -0.2) is 42.2 Å². The van der Waals surface area contributed by atoms with Crippen molar-refractivity contribution in [2.75, 3.05) is 10.6 Å². The van der Waals surface area contributed by atoms with Gasteiger partial charge in [-0.2, -0.15) is 0 Å². The van der Waals surface area contributed by atoms with Crippen molar-refractivity contribution in [1.29, 1.82) is 0 Å². The second kappa shape index (κ2) is 11.4. The molecule has 10 nitrogen and oxygen atoms in total. The summed E-state index contributed by atoms with van der Waals surface area (Å²) in [5, 5.41) is 25.4. The van der Waals surface area contributed by atoms with Gasteiger partial charge in [-0.05, 0) is 49.4 Å². The lowest BCUT2D eigenvalue weighted by Crippen LogP contribution is -2.14. The molecule has 0 unspecified atom stereocenters. The maximum Gasteiger partial charge on any atom is 0.232 e. The number of rotatable bonds is 9. The van der Waals surface area contributed by atoms with Gasteiger partial charge >= 0.3 is 0 Å². The van der Waals surface area contributed by atoms with E-state index in [0.717, 1.165) is 35.7 Å². The van der Waals surface area contributed by atoms with E-state index in [9.17, 15) is 9.59 Å². The maximum atomic E-state index is 12.3. The smallest absolute Gasteiger partial charge is 0.232 e. The molecule has 1 saturated carbocycles. The fourth-order valence-corrected chi connectivity index (χ4v) is 6.01. The van der Waals surface area contributed by atoms with Gasteiger partial charge in [0.25, 0.3) is 0 Å². The summed E-state index contributed by atoms with van der Waals surface area (Å²) < 4.78 is 0. The van der Waals surface area contributed by atoms with Crippen LogP contribution in [-0.2, 0) is 28.9 Å². The third-order valence-corrected chi connectivity index (χ3v) is 7.75. The normalized spacial score (nSPS) is 17.1. The van der Waals surface area contributed by atoms with Gasteiger partial charge in [-0.25, -0.2) is 0 Å². The second-order valence-corrected chi connectivity index (χ2v) is 10.7. The molecule has 184 valence electrons. The standard InChI is InChI=1S/C24H24N8O2S2/c33-19(13-17-5-1-3-9-25-17)27-23-31-29-21(35-23)12-15-7-8-16(11-15)22-30-32-24(36-22)28-20(34)14-18-6-2-4-10-26-18/h1-6,9-10,15-16H,7-8,11-14H2,(H,27,31,33)(H,28,32,34)/t15-,16-/m1/s1. The van der Waals surface area contributed by atoms with Gasteiger partial charge in [0.05, 0.1) is 12.8 Å². The zero-order chi connectivity index (χ0) is 24.7. The van der Waals surface area contributed by atoms with Crippen molar-refractivity contribution < 1.29 is 9.59 Å². The Hall–Kier alpha value is -3.64. The summed E-state index contributed by atoms with van der Waals surface area (Å²) in [7, 11) is 0. The zero-order valence-electron chi connectivity index (χ0n) is 19.3. The SMILES string of the molecule is O=C(Cc1ccccn1)Nc1nnc(C[C@@H]2CC[C@@H](c3nnc(NC(=O)Cc4ccccn4)s3)C2)s1. The number of nitrogens with one attached hydrogen (secondary N) is 2. The number of carbonyl (C=O) groups is 2. The molecular formula is C24H24N8O2S2. The number of pyridine rings is 2. The molecule has 1 fully saturated rings. The molecule has 0 bridgehead atoms. The maximum absolute atomic E-state index is 12.3. The number of amides is 2. The Kier molecular flexibility index (Phi) is 7.62. The highest BCUT2D eigenvalue weighted by molar-refractivity contribution is 7.15. The van der Waals surface area contributed by atoms with E-state index >= 15 is 0 Å². The second-order valence-electron chi connectivity index (χ2n) is 8.62. The van der Waals surface area contributed by atoms with Crippen LogP contribution in [0, 0.1) is 5.92 Å². The van der Waals surface area contributed by atoms with Crippen LogP contribution in [0.15, 0.2) is 48.8 Å². The lowest BCUT2D eigenvalue weighted by Gasteiger charge is -2.07. The monoisotopic (exact) mass is 520 g/mol. The Morgan fingerprint density at radius 1 is 0.806 bits per heavy atom. The summed E-state index contributed by atoms with van der Waals surface area (Å²) >= 11 is 2.85. The zero-order valence-corrected chi connectivity index (χ0v) is 21.0. The van der Waals surface area contributed by atoms with E-state index in [1.54, 1.807) is 12.4 Å². The molecule has 2 atom stereocenters. The molecule has 12 heteroatoms. The summed E-state index contributed by atoms with van der Waals surface area (Å²) in [5.74, 6) is 0.474. The quantitative estimate of drug-likeness (QED) is 0.341. The largest absolute Gasteiger partial charge is 0.300 e. The average Bonchev–Trinajstić information content (AvgIpc) is 3.62. The van der Waals surface area contributed by atoms with E-state index in [1.165, 1.54) is 22.7 Å². The predicted octanol–water partition coefficient (Wildman–Crippen LogP) is 3.67. The van der Waals surface area contributed by atoms with E-state index < -0.39 is 0 Å². The molecule has 0 aromatic carbocycles. The first-order valence-electron chi connectivity index (χ1n) is 11.7. The van der Waals surface area contributed by atoms with Gasteiger partial charge in [-0.15, -0.1) is 20.4 Å². The van der Waals surface area contributed by atoms with Crippen molar-refractivity contribution in [1.82, 2.24) is 30.4 Å². The first kappa shape index (κ1) is 24.1. The van der Waals surface area contributed by atoms with Gasteiger partial charge in [-0.1, -0.05) is 34.8 Å². The molecule has 2 amide bonds. The lowest BCUT2D eigenvalue weighted by molar-refractivity contribution is -0.116. The minimum absolute atomic E-state index is 0.153. The molecule has 0 radical (unpaired) electrons. The number of carbonyl (C=O) groups excluding carboxylic acids is 2. The van der Waals surface area contributed by atoms with Gasteiger partial charge in [0, 0.05) is 36.1 Å². The Labute approximate surface area is 215 Å². The number of nitrogens with zero attached hydrogens (tertiary/aromatic N) is 6. The molecular weight excluding hydrogens is 496 g/mol. The highest BCUT2D eigenvalue weighted by Crippen LogP contribution is 2.41. The third-order valence-electron chi connectivity index (χ3n) is 5.89. The fourth-order valence-electron chi connectivity index (χ4n) is 4.23. The predicted molar refractivity (Wildman–Crippen MR) is 137 cm³/mol. The van der Waals surface area contributed by atoms with Crippen LogP contribution in [0.4, 0.5) is 10.3 Å². The van der Waals surface area contributed by atoms with Crippen LogP contribution in [0.3, 0.4) is 0 Å². The van der Waals surface area contributed by atoms with Crippen LogP contribution < -0.4 is 10.6 Å². The molecule has 5 rings (SSSR count). The van der Waals surface area contributed by atoms with E-state index in [1.807, 2.05) is 36.4 Å². The molecule has 0 aliphatic heterocycles. The molecule has 2 N–H and O–H groups in total. The Bertz CT molecular complexity index is 1310. The van der Waals surface area contributed by atoms with Crippen molar-refractivity contribution in [3.8, 4) is 0 Å².